The number of aromatic hydroxyl groups is 1. The van der Waals surface area contributed by atoms with E-state index in [-0.39, 0.29) is 37.2 Å². The van der Waals surface area contributed by atoms with Gasteiger partial charge in [0.1, 0.15) is 5.75 Å². The quantitative estimate of drug-likeness (QED) is 0.215. The predicted molar refractivity (Wildman–Crippen MR) is 152 cm³/mol. The number of hydrogen-bond donors (Lipinski definition) is 1. The Labute approximate surface area is 224 Å². The van der Waals surface area contributed by atoms with Gasteiger partial charge in [-0.15, -0.1) is 0 Å². The van der Waals surface area contributed by atoms with Crippen LogP contribution in [0.3, 0.4) is 0 Å². The van der Waals surface area contributed by atoms with E-state index in [9.17, 15) is 14.2 Å². The highest BCUT2D eigenvalue weighted by Gasteiger charge is 2.46. The van der Waals surface area contributed by atoms with Gasteiger partial charge < -0.3 is 23.2 Å². The molecule has 212 valence electrons. The minimum atomic E-state index is -4.08. The summed E-state index contributed by atoms with van der Waals surface area (Å²) in [5.74, 6) is 0.257. The summed E-state index contributed by atoms with van der Waals surface area (Å²) in [7, 11) is -8.16. The summed E-state index contributed by atoms with van der Waals surface area (Å²) in [6, 6.07) is 2.03. The van der Waals surface area contributed by atoms with E-state index in [1.54, 1.807) is 6.08 Å². The van der Waals surface area contributed by atoms with Crippen molar-refractivity contribution in [3.63, 3.8) is 0 Å². The third-order valence-electron chi connectivity index (χ3n) is 6.11. The highest BCUT2D eigenvalue weighted by molar-refractivity contribution is 7.79. The van der Waals surface area contributed by atoms with Crippen molar-refractivity contribution in [2.45, 2.75) is 105 Å². The Morgan fingerprint density at radius 3 is 1.68 bits per heavy atom. The topological polar surface area (TPSA) is 91.3 Å². The molecule has 0 unspecified atom stereocenters. The first-order chi connectivity index (χ1) is 17.5. The molecule has 0 atom stereocenters. The van der Waals surface area contributed by atoms with Crippen LogP contribution in [-0.2, 0) is 45.5 Å². The van der Waals surface area contributed by atoms with Crippen molar-refractivity contribution in [2.75, 3.05) is 26.4 Å². The largest absolute Gasteiger partial charge is 0.507 e. The first-order valence-electron chi connectivity index (χ1n) is 13.9. The number of fused-ring (bicyclic) bond motifs is 1. The van der Waals surface area contributed by atoms with Crippen molar-refractivity contribution < 1.29 is 32.3 Å². The minimum Gasteiger partial charge on any atom is -0.507 e. The van der Waals surface area contributed by atoms with E-state index >= 15 is 0 Å². The fourth-order valence-electron chi connectivity index (χ4n) is 4.44. The normalized spacial score (nSPS) is 14.5. The SMILES string of the molecule is CCCOP(=O)(OCCC)C(=Cc1cc2c(c(O)c1C(C)(C)C)CCCC2)P(=O)(OCCC)OCCC. The van der Waals surface area contributed by atoms with Crippen LogP contribution in [0.25, 0.3) is 6.08 Å². The fraction of sp³-hybridized carbons (Fsp3) is 0.714. The van der Waals surface area contributed by atoms with E-state index in [4.69, 9.17) is 18.1 Å². The lowest BCUT2D eigenvalue weighted by Gasteiger charge is -2.30. The Morgan fingerprint density at radius 1 is 0.838 bits per heavy atom. The summed E-state index contributed by atoms with van der Waals surface area (Å²) < 4.78 is 52.3. The van der Waals surface area contributed by atoms with Crippen molar-refractivity contribution in [1.82, 2.24) is 0 Å². The molecule has 0 aliphatic heterocycles. The molecule has 0 amide bonds. The highest BCUT2D eigenvalue weighted by Crippen LogP contribution is 2.74. The van der Waals surface area contributed by atoms with E-state index in [0.717, 1.165) is 36.8 Å². The van der Waals surface area contributed by atoms with Gasteiger partial charge in [-0.3, -0.25) is 9.13 Å². The number of hydrogen-bond acceptors (Lipinski definition) is 7. The molecule has 1 aromatic carbocycles. The molecule has 0 heterocycles. The molecule has 37 heavy (non-hydrogen) atoms. The van der Waals surface area contributed by atoms with E-state index in [1.165, 1.54) is 0 Å². The van der Waals surface area contributed by atoms with Gasteiger partial charge in [0.05, 0.1) is 26.4 Å². The molecule has 0 radical (unpaired) electrons. The molecule has 0 aromatic heterocycles. The number of phenolic OH excluding ortho intramolecular Hbond substituents is 1. The van der Waals surface area contributed by atoms with Crippen molar-refractivity contribution in [1.29, 1.82) is 0 Å². The smallest absolute Gasteiger partial charge is 0.369 e. The van der Waals surface area contributed by atoms with Gasteiger partial charge in [0.2, 0.25) is 0 Å². The van der Waals surface area contributed by atoms with Gasteiger partial charge in [-0.05, 0) is 79.5 Å². The van der Waals surface area contributed by atoms with Gasteiger partial charge in [0.25, 0.3) is 0 Å². The van der Waals surface area contributed by atoms with Gasteiger partial charge in [-0.2, -0.15) is 0 Å². The van der Waals surface area contributed by atoms with Crippen LogP contribution in [0.5, 0.6) is 5.75 Å². The molecule has 2 rings (SSSR count). The molecule has 1 aromatic rings. The molecule has 7 nitrogen and oxygen atoms in total. The molecular formula is C28H48O7P2. The van der Waals surface area contributed by atoms with Gasteiger partial charge in [0, 0.05) is 5.56 Å². The van der Waals surface area contributed by atoms with E-state index < -0.39 is 20.6 Å². The van der Waals surface area contributed by atoms with Crippen LogP contribution in [0.4, 0.5) is 0 Å². The lowest BCUT2D eigenvalue weighted by molar-refractivity contribution is 0.199. The van der Waals surface area contributed by atoms with Crippen LogP contribution in [0.1, 0.15) is 109 Å². The first-order valence-corrected chi connectivity index (χ1v) is 16.9. The summed E-state index contributed by atoms with van der Waals surface area (Å²) in [6.07, 6.45) is 7.75. The fourth-order valence-corrected chi connectivity index (χ4v) is 9.30. The Morgan fingerprint density at radius 2 is 1.27 bits per heavy atom. The Kier molecular flexibility index (Phi) is 12.6. The Balaban J connectivity index is 2.92. The van der Waals surface area contributed by atoms with Crippen LogP contribution >= 0.6 is 15.2 Å². The molecule has 1 N–H and O–H groups in total. The summed E-state index contributed by atoms with van der Waals surface area (Å²) in [5, 5.41) is 11.3. The number of aryl methyl sites for hydroxylation is 1. The molecule has 0 bridgehead atoms. The zero-order chi connectivity index (χ0) is 27.7. The monoisotopic (exact) mass is 558 g/mol. The number of phenols is 1. The first kappa shape index (κ1) is 32.3. The third-order valence-corrected chi connectivity index (χ3v) is 11.0. The average Bonchev–Trinajstić information content (AvgIpc) is 2.86. The summed E-state index contributed by atoms with van der Waals surface area (Å²) in [6.45, 7) is 14.4. The van der Waals surface area contributed by atoms with Crippen molar-refractivity contribution >= 4 is 21.3 Å². The second-order valence-electron chi connectivity index (χ2n) is 10.6. The van der Waals surface area contributed by atoms with Gasteiger partial charge in [-0.1, -0.05) is 54.5 Å². The zero-order valence-electron chi connectivity index (χ0n) is 23.9. The minimum absolute atomic E-state index is 0.0931. The van der Waals surface area contributed by atoms with E-state index in [0.29, 0.717) is 36.8 Å². The molecule has 1 aliphatic rings. The Bertz CT molecular complexity index is 951. The summed E-state index contributed by atoms with van der Waals surface area (Å²) in [5.41, 5.74) is 2.93. The van der Waals surface area contributed by atoms with Gasteiger partial charge in [0.15, 0.2) is 5.06 Å². The maximum absolute atomic E-state index is 14.4. The molecule has 0 saturated carbocycles. The number of rotatable bonds is 15. The molecule has 9 heteroatoms. The predicted octanol–water partition coefficient (Wildman–Crippen LogP) is 8.96. The van der Waals surface area contributed by atoms with Crippen molar-refractivity contribution in [3.8, 4) is 5.75 Å². The van der Waals surface area contributed by atoms with Gasteiger partial charge in [-0.25, -0.2) is 0 Å². The number of benzene rings is 1. The van der Waals surface area contributed by atoms with Crippen LogP contribution in [0.2, 0.25) is 0 Å². The van der Waals surface area contributed by atoms with Crippen LogP contribution < -0.4 is 0 Å². The average molecular weight is 559 g/mol. The zero-order valence-corrected chi connectivity index (χ0v) is 25.7. The lowest BCUT2D eigenvalue weighted by atomic mass is 9.78. The second-order valence-corrected chi connectivity index (χ2v) is 15.0. The Hall–Kier alpha value is -0.940. The third kappa shape index (κ3) is 8.27. The maximum atomic E-state index is 14.4. The van der Waals surface area contributed by atoms with Crippen LogP contribution in [0, 0.1) is 0 Å². The van der Waals surface area contributed by atoms with Crippen LogP contribution in [0.15, 0.2) is 11.1 Å². The van der Waals surface area contributed by atoms with Crippen molar-refractivity contribution in [2.24, 2.45) is 0 Å². The summed E-state index contributed by atoms with van der Waals surface area (Å²) >= 11 is 0. The van der Waals surface area contributed by atoms with Crippen molar-refractivity contribution in [3.05, 3.63) is 33.4 Å². The van der Waals surface area contributed by atoms with Crippen LogP contribution in [-0.4, -0.2) is 31.5 Å². The molecule has 1 aliphatic carbocycles. The molecule has 0 spiro atoms. The molecular weight excluding hydrogens is 510 g/mol. The molecule has 0 fully saturated rings. The second kappa shape index (κ2) is 14.4. The van der Waals surface area contributed by atoms with E-state index in [1.807, 2.05) is 54.5 Å². The maximum Gasteiger partial charge on any atom is 0.369 e. The van der Waals surface area contributed by atoms with E-state index in [2.05, 4.69) is 0 Å². The molecule has 0 saturated heterocycles. The summed E-state index contributed by atoms with van der Waals surface area (Å²) in [4.78, 5) is 0. The highest BCUT2D eigenvalue weighted by atomic mass is 31.2. The lowest BCUT2D eigenvalue weighted by Crippen LogP contribution is -2.17. The standard InChI is InChI=1S/C28H48O7P2/c1-8-16-32-36(30,33-17-9-2)25(37(31,34-18-10-3)35-19-11-4)21-23-20-22-14-12-13-15-24(22)27(29)26(23)28(5,6)7/h20-21,29H,8-19H2,1-7H3. The van der Waals surface area contributed by atoms with Gasteiger partial charge >= 0.3 is 15.2 Å².